The highest BCUT2D eigenvalue weighted by Gasteiger charge is 2.49. The molecule has 3 nitrogen and oxygen atoms in total. The van der Waals surface area contributed by atoms with Gasteiger partial charge in [0.05, 0.1) is 13.0 Å². The Morgan fingerprint density at radius 1 is 1.26 bits per heavy atom. The molecule has 1 aromatic carbocycles. The van der Waals surface area contributed by atoms with Crippen molar-refractivity contribution in [2.45, 2.75) is 37.3 Å². The van der Waals surface area contributed by atoms with Crippen LogP contribution in [0.25, 0.3) is 0 Å². The monoisotopic (exact) mass is 259 g/mol. The second kappa shape index (κ2) is 4.97. The number of methoxy groups -OCH3 is 1. The van der Waals surface area contributed by atoms with Gasteiger partial charge in [0.1, 0.15) is 0 Å². The van der Waals surface area contributed by atoms with Gasteiger partial charge in [-0.05, 0) is 31.9 Å². The molecule has 2 fully saturated rings. The van der Waals surface area contributed by atoms with Crippen LogP contribution in [0.3, 0.4) is 0 Å². The van der Waals surface area contributed by atoms with Crippen molar-refractivity contribution in [3.05, 3.63) is 35.9 Å². The van der Waals surface area contributed by atoms with Crippen LogP contribution in [0.1, 0.15) is 30.7 Å². The maximum absolute atomic E-state index is 12.2. The highest BCUT2D eigenvalue weighted by atomic mass is 16.5. The molecule has 2 aliphatic rings. The molecule has 0 spiro atoms. The molecule has 3 rings (SSSR count). The zero-order valence-electron chi connectivity index (χ0n) is 11.6. The van der Waals surface area contributed by atoms with E-state index in [1.807, 2.05) is 6.07 Å². The summed E-state index contributed by atoms with van der Waals surface area (Å²) < 4.78 is 5.07. The van der Waals surface area contributed by atoms with Crippen molar-refractivity contribution < 1.29 is 9.53 Å². The average Bonchev–Trinajstić information content (AvgIpc) is 2.70. The van der Waals surface area contributed by atoms with Gasteiger partial charge in [-0.2, -0.15) is 0 Å². The van der Waals surface area contributed by atoms with E-state index in [2.05, 4.69) is 36.2 Å². The van der Waals surface area contributed by atoms with Gasteiger partial charge in [-0.15, -0.1) is 0 Å². The molecule has 2 bridgehead atoms. The Morgan fingerprint density at radius 3 is 2.68 bits per heavy atom. The third kappa shape index (κ3) is 2.06. The average molecular weight is 259 g/mol. The number of rotatable bonds is 2. The van der Waals surface area contributed by atoms with E-state index in [1.165, 1.54) is 19.1 Å². The van der Waals surface area contributed by atoms with Crippen molar-refractivity contribution in [3.8, 4) is 0 Å². The van der Waals surface area contributed by atoms with E-state index in [-0.39, 0.29) is 11.9 Å². The number of esters is 1. The fraction of sp³-hybridized carbons (Fsp3) is 0.562. The Morgan fingerprint density at radius 2 is 2.00 bits per heavy atom. The van der Waals surface area contributed by atoms with Gasteiger partial charge >= 0.3 is 5.97 Å². The minimum atomic E-state index is -0.0500. The van der Waals surface area contributed by atoms with Crippen LogP contribution in [-0.4, -0.2) is 37.1 Å². The summed E-state index contributed by atoms with van der Waals surface area (Å²) in [5.74, 6) is 0.240. The summed E-state index contributed by atoms with van der Waals surface area (Å²) in [6.45, 7) is 0. The summed E-state index contributed by atoms with van der Waals surface area (Å²) in [6, 6.07) is 11.4. The molecule has 3 heteroatoms. The number of carbonyl (C=O) groups excluding carboxylic acids is 1. The SMILES string of the molecule is COC(=O)[C@H]1C(c2ccccc2)C[C@@H]2CC[C@H]1N2C. The Labute approximate surface area is 114 Å². The van der Waals surface area contributed by atoms with Crippen molar-refractivity contribution in [1.29, 1.82) is 0 Å². The van der Waals surface area contributed by atoms with Crippen LogP contribution >= 0.6 is 0 Å². The van der Waals surface area contributed by atoms with Gasteiger partial charge in [0.2, 0.25) is 0 Å². The van der Waals surface area contributed by atoms with Crippen LogP contribution in [-0.2, 0) is 9.53 Å². The van der Waals surface area contributed by atoms with E-state index in [0.717, 1.165) is 12.8 Å². The molecule has 0 saturated carbocycles. The Bertz CT molecular complexity index is 459. The molecular weight excluding hydrogens is 238 g/mol. The minimum Gasteiger partial charge on any atom is -0.469 e. The van der Waals surface area contributed by atoms with Crippen molar-refractivity contribution in [2.24, 2.45) is 5.92 Å². The maximum Gasteiger partial charge on any atom is 0.310 e. The molecule has 2 saturated heterocycles. The summed E-state index contributed by atoms with van der Waals surface area (Å²) in [6.07, 6.45) is 3.39. The van der Waals surface area contributed by atoms with E-state index in [9.17, 15) is 4.79 Å². The number of benzene rings is 1. The molecule has 1 unspecified atom stereocenters. The lowest BCUT2D eigenvalue weighted by Crippen LogP contribution is -2.49. The standard InChI is InChI=1S/C16H21NO2/c1-17-12-8-9-14(17)15(16(18)19-2)13(10-12)11-6-4-3-5-7-11/h3-7,12-15H,8-10H2,1-2H3/t12-,13?,14+,15-/m0/s1. The van der Waals surface area contributed by atoms with E-state index in [1.54, 1.807) is 0 Å². The molecule has 0 amide bonds. The van der Waals surface area contributed by atoms with Gasteiger partial charge in [0, 0.05) is 18.0 Å². The zero-order valence-corrected chi connectivity index (χ0v) is 11.6. The number of nitrogens with zero attached hydrogens (tertiary/aromatic N) is 1. The summed E-state index contributed by atoms with van der Waals surface area (Å²) in [5.41, 5.74) is 1.28. The lowest BCUT2D eigenvalue weighted by atomic mass is 9.76. The van der Waals surface area contributed by atoms with E-state index in [0.29, 0.717) is 18.0 Å². The van der Waals surface area contributed by atoms with Crippen molar-refractivity contribution in [3.63, 3.8) is 0 Å². The third-order valence-electron chi connectivity index (χ3n) is 4.97. The van der Waals surface area contributed by atoms with Crippen LogP contribution in [0.2, 0.25) is 0 Å². The number of fused-ring (bicyclic) bond motifs is 2. The first kappa shape index (κ1) is 12.7. The second-order valence-electron chi connectivity index (χ2n) is 5.77. The summed E-state index contributed by atoms with van der Waals surface area (Å²) in [4.78, 5) is 14.6. The predicted molar refractivity (Wildman–Crippen MR) is 73.9 cm³/mol. The second-order valence-corrected chi connectivity index (χ2v) is 5.77. The van der Waals surface area contributed by atoms with Crippen LogP contribution in [0.15, 0.2) is 30.3 Å². The Hall–Kier alpha value is -1.35. The Balaban J connectivity index is 1.96. The van der Waals surface area contributed by atoms with Gasteiger partial charge in [0.25, 0.3) is 0 Å². The molecule has 2 aliphatic heterocycles. The molecule has 0 N–H and O–H groups in total. The van der Waals surface area contributed by atoms with Crippen LogP contribution in [0.5, 0.6) is 0 Å². The van der Waals surface area contributed by atoms with E-state index < -0.39 is 0 Å². The topological polar surface area (TPSA) is 29.5 Å². The maximum atomic E-state index is 12.2. The van der Waals surface area contributed by atoms with Gasteiger partial charge < -0.3 is 4.74 Å². The number of carbonyl (C=O) groups is 1. The normalized spacial score (nSPS) is 34.2. The van der Waals surface area contributed by atoms with Crippen molar-refractivity contribution in [2.75, 3.05) is 14.2 Å². The molecule has 102 valence electrons. The molecule has 1 aromatic rings. The molecule has 19 heavy (non-hydrogen) atoms. The first-order chi connectivity index (χ1) is 9.22. The van der Waals surface area contributed by atoms with Crippen LogP contribution in [0, 0.1) is 5.92 Å². The van der Waals surface area contributed by atoms with Crippen LogP contribution in [0.4, 0.5) is 0 Å². The van der Waals surface area contributed by atoms with Crippen molar-refractivity contribution >= 4 is 5.97 Å². The van der Waals surface area contributed by atoms with Gasteiger partial charge in [-0.1, -0.05) is 30.3 Å². The highest BCUT2D eigenvalue weighted by Crippen LogP contribution is 2.46. The van der Waals surface area contributed by atoms with E-state index >= 15 is 0 Å². The van der Waals surface area contributed by atoms with Gasteiger partial charge in [-0.25, -0.2) is 0 Å². The largest absolute Gasteiger partial charge is 0.469 e. The Kier molecular flexibility index (Phi) is 3.31. The van der Waals surface area contributed by atoms with Gasteiger partial charge in [0.15, 0.2) is 0 Å². The number of ether oxygens (including phenoxy) is 1. The fourth-order valence-corrected chi connectivity index (χ4v) is 3.97. The molecule has 4 atom stereocenters. The summed E-state index contributed by atoms with van der Waals surface area (Å²) in [7, 11) is 3.66. The number of hydrogen-bond donors (Lipinski definition) is 0. The molecule has 0 radical (unpaired) electrons. The lowest BCUT2D eigenvalue weighted by molar-refractivity contribution is -0.150. The predicted octanol–water partition coefficient (Wildman–Crippen LogP) is 2.43. The third-order valence-corrected chi connectivity index (χ3v) is 4.97. The molecule has 0 aromatic heterocycles. The minimum absolute atomic E-state index is 0.0175. The number of hydrogen-bond acceptors (Lipinski definition) is 3. The van der Waals surface area contributed by atoms with Crippen LogP contribution < -0.4 is 0 Å². The quantitative estimate of drug-likeness (QED) is 0.764. The highest BCUT2D eigenvalue weighted by molar-refractivity contribution is 5.75. The lowest BCUT2D eigenvalue weighted by Gasteiger charge is -2.41. The molecular formula is C16H21NO2. The first-order valence-corrected chi connectivity index (χ1v) is 7.07. The summed E-state index contributed by atoms with van der Waals surface area (Å²) >= 11 is 0. The first-order valence-electron chi connectivity index (χ1n) is 7.07. The zero-order chi connectivity index (χ0) is 13.4. The van der Waals surface area contributed by atoms with Gasteiger partial charge in [-0.3, -0.25) is 9.69 Å². The molecule has 0 aliphatic carbocycles. The number of piperidine rings is 1. The molecule has 2 heterocycles. The van der Waals surface area contributed by atoms with E-state index in [4.69, 9.17) is 4.74 Å². The van der Waals surface area contributed by atoms with Crippen molar-refractivity contribution in [1.82, 2.24) is 4.90 Å². The fourth-order valence-electron chi connectivity index (χ4n) is 3.97. The smallest absolute Gasteiger partial charge is 0.310 e. The summed E-state index contributed by atoms with van der Waals surface area (Å²) in [5, 5.41) is 0.